The summed E-state index contributed by atoms with van der Waals surface area (Å²) >= 11 is 1.26. The van der Waals surface area contributed by atoms with Gasteiger partial charge in [-0.3, -0.25) is 4.79 Å². The summed E-state index contributed by atoms with van der Waals surface area (Å²) < 4.78 is 0. The van der Waals surface area contributed by atoms with Crippen molar-refractivity contribution in [2.45, 2.75) is 19.4 Å². The van der Waals surface area contributed by atoms with E-state index in [1.54, 1.807) is 0 Å². The fourth-order valence-corrected chi connectivity index (χ4v) is 2.72. The maximum Gasteiger partial charge on any atom is 0.355 e. The Morgan fingerprint density at radius 1 is 1.76 bits per heavy atom. The van der Waals surface area contributed by atoms with Gasteiger partial charge in [0.05, 0.1) is 0 Å². The summed E-state index contributed by atoms with van der Waals surface area (Å²) in [6.07, 6.45) is 0.674. The largest absolute Gasteiger partial charge is 0.476 e. The highest BCUT2D eigenvalue weighted by Gasteiger charge is 2.30. The minimum atomic E-state index is -1.04. The zero-order valence-electron chi connectivity index (χ0n) is 9.34. The molecule has 1 unspecified atom stereocenters. The second kappa shape index (κ2) is 4.70. The van der Waals surface area contributed by atoms with Gasteiger partial charge in [-0.25, -0.2) is 9.78 Å². The van der Waals surface area contributed by atoms with Crippen LogP contribution in [0.15, 0.2) is 5.38 Å². The molecular weight excluding hydrogens is 242 g/mol. The van der Waals surface area contributed by atoms with Crippen LogP contribution in [0.25, 0.3) is 0 Å². The zero-order valence-corrected chi connectivity index (χ0v) is 10.2. The summed E-state index contributed by atoms with van der Waals surface area (Å²) in [4.78, 5) is 28.3. The van der Waals surface area contributed by atoms with Crippen LogP contribution >= 0.6 is 11.3 Å². The van der Waals surface area contributed by atoms with Crippen LogP contribution in [0.5, 0.6) is 0 Å². The standard InChI is InChI=1S/C10H13N3O3S/c1-2-7-8(14)11-3-4-13(7)10-12-6(5-17-10)9(15)16/h5,7H,2-4H2,1H3,(H,11,14)(H,15,16). The molecule has 2 rings (SSSR count). The summed E-state index contributed by atoms with van der Waals surface area (Å²) in [6.45, 7) is 3.16. The summed E-state index contributed by atoms with van der Waals surface area (Å²) in [5.41, 5.74) is 0.0332. The lowest BCUT2D eigenvalue weighted by Crippen LogP contribution is -2.55. The Balaban J connectivity index is 2.24. The predicted octanol–water partition coefficient (Wildman–Crippen LogP) is 0.556. The molecule has 1 saturated heterocycles. The van der Waals surface area contributed by atoms with Gasteiger partial charge in [-0.05, 0) is 6.42 Å². The highest BCUT2D eigenvalue weighted by molar-refractivity contribution is 7.14. The Morgan fingerprint density at radius 3 is 3.12 bits per heavy atom. The van der Waals surface area contributed by atoms with E-state index in [1.165, 1.54) is 16.7 Å². The van der Waals surface area contributed by atoms with E-state index in [0.29, 0.717) is 24.6 Å². The van der Waals surface area contributed by atoms with Gasteiger partial charge in [0.25, 0.3) is 0 Å². The van der Waals surface area contributed by atoms with Crippen molar-refractivity contribution < 1.29 is 14.7 Å². The summed E-state index contributed by atoms with van der Waals surface area (Å²) in [5, 5.41) is 13.7. The molecule has 0 radical (unpaired) electrons. The van der Waals surface area contributed by atoms with Gasteiger partial charge in [0.15, 0.2) is 10.8 Å². The van der Waals surface area contributed by atoms with E-state index in [0.717, 1.165) is 0 Å². The van der Waals surface area contributed by atoms with Crippen LogP contribution in [0.3, 0.4) is 0 Å². The second-order valence-corrected chi connectivity index (χ2v) is 4.57. The average Bonchev–Trinajstić information content (AvgIpc) is 2.77. The number of piperazine rings is 1. The summed E-state index contributed by atoms with van der Waals surface area (Å²) in [5.74, 6) is -1.06. The molecule has 1 aliphatic rings. The number of carbonyl (C=O) groups is 2. The minimum absolute atomic E-state index is 0.0224. The number of thiazole rings is 1. The third-order valence-electron chi connectivity index (χ3n) is 2.67. The highest BCUT2D eigenvalue weighted by Crippen LogP contribution is 2.24. The van der Waals surface area contributed by atoms with Crippen molar-refractivity contribution in [3.8, 4) is 0 Å². The van der Waals surface area contributed by atoms with Crippen LogP contribution < -0.4 is 10.2 Å². The number of rotatable bonds is 3. The minimum Gasteiger partial charge on any atom is -0.476 e. The van der Waals surface area contributed by atoms with Gasteiger partial charge in [0, 0.05) is 18.5 Å². The fraction of sp³-hybridized carbons (Fsp3) is 0.500. The molecule has 7 heteroatoms. The monoisotopic (exact) mass is 255 g/mol. The summed E-state index contributed by atoms with van der Waals surface area (Å²) in [7, 11) is 0. The smallest absolute Gasteiger partial charge is 0.355 e. The average molecular weight is 255 g/mol. The maximum atomic E-state index is 11.7. The van der Waals surface area contributed by atoms with Gasteiger partial charge >= 0.3 is 5.97 Å². The molecule has 0 aromatic carbocycles. The molecule has 1 fully saturated rings. The molecule has 0 aliphatic carbocycles. The molecule has 2 N–H and O–H groups in total. The molecule has 1 atom stereocenters. The van der Waals surface area contributed by atoms with Crippen LogP contribution in [0.4, 0.5) is 5.13 Å². The van der Waals surface area contributed by atoms with Gasteiger partial charge < -0.3 is 15.3 Å². The molecule has 1 amide bonds. The Kier molecular flexibility index (Phi) is 3.28. The number of aromatic nitrogens is 1. The van der Waals surface area contributed by atoms with Crippen LogP contribution in [0, 0.1) is 0 Å². The number of carbonyl (C=O) groups excluding carboxylic acids is 1. The van der Waals surface area contributed by atoms with E-state index < -0.39 is 5.97 Å². The van der Waals surface area contributed by atoms with E-state index in [4.69, 9.17) is 5.11 Å². The number of aromatic carboxylic acids is 1. The number of nitrogens with one attached hydrogen (secondary N) is 1. The van der Waals surface area contributed by atoms with Crippen LogP contribution in [-0.4, -0.2) is 41.1 Å². The second-order valence-electron chi connectivity index (χ2n) is 3.73. The Morgan fingerprint density at radius 2 is 2.53 bits per heavy atom. The Hall–Kier alpha value is -1.63. The molecule has 1 aromatic rings. The van der Waals surface area contributed by atoms with E-state index in [-0.39, 0.29) is 17.6 Å². The lowest BCUT2D eigenvalue weighted by molar-refractivity contribution is -0.123. The number of nitrogens with zero attached hydrogens (tertiary/aromatic N) is 2. The van der Waals surface area contributed by atoms with Gasteiger partial charge in [0.2, 0.25) is 5.91 Å². The van der Waals surface area contributed by atoms with Gasteiger partial charge in [-0.15, -0.1) is 11.3 Å². The fourth-order valence-electron chi connectivity index (χ4n) is 1.84. The Bertz CT molecular complexity index is 446. The number of hydrogen-bond donors (Lipinski definition) is 2. The quantitative estimate of drug-likeness (QED) is 0.824. The number of anilines is 1. The summed E-state index contributed by atoms with van der Waals surface area (Å²) in [6, 6.07) is -0.253. The predicted molar refractivity (Wildman–Crippen MR) is 63.5 cm³/mol. The normalized spacial score (nSPS) is 20.2. The Labute approximate surface area is 102 Å². The molecule has 6 nitrogen and oxygen atoms in total. The lowest BCUT2D eigenvalue weighted by atomic mass is 10.1. The topological polar surface area (TPSA) is 82.5 Å². The molecule has 0 bridgehead atoms. The van der Waals surface area contributed by atoms with Gasteiger partial charge in [-0.2, -0.15) is 0 Å². The van der Waals surface area contributed by atoms with Crippen molar-refractivity contribution in [2.24, 2.45) is 0 Å². The van der Waals surface area contributed by atoms with Crippen molar-refractivity contribution in [3.05, 3.63) is 11.1 Å². The van der Waals surface area contributed by atoms with Crippen molar-refractivity contribution in [2.75, 3.05) is 18.0 Å². The number of hydrogen-bond acceptors (Lipinski definition) is 5. The third-order valence-corrected chi connectivity index (χ3v) is 3.55. The molecular formula is C10H13N3O3S. The molecule has 0 saturated carbocycles. The van der Waals surface area contributed by atoms with Gasteiger partial charge in [-0.1, -0.05) is 6.92 Å². The lowest BCUT2D eigenvalue weighted by Gasteiger charge is -2.34. The van der Waals surface area contributed by atoms with E-state index >= 15 is 0 Å². The molecule has 92 valence electrons. The highest BCUT2D eigenvalue weighted by atomic mass is 32.1. The van der Waals surface area contributed by atoms with Crippen LogP contribution in [-0.2, 0) is 4.79 Å². The van der Waals surface area contributed by atoms with Crippen molar-refractivity contribution in [1.29, 1.82) is 0 Å². The zero-order chi connectivity index (χ0) is 12.4. The van der Waals surface area contributed by atoms with Crippen molar-refractivity contribution >= 4 is 28.3 Å². The number of carboxylic acids is 1. The maximum absolute atomic E-state index is 11.7. The van der Waals surface area contributed by atoms with E-state index in [2.05, 4.69) is 10.3 Å². The third kappa shape index (κ3) is 2.23. The molecule has 2 heterocycles. The molecule has 0 spiro atoms. The number of carboxylic acid groups (broad SMARTS) is 1. The van der Waals surface area contributed by atoms with E-state index in [1.807, 2.05) is 11.8 Å². The van der Waals surface area contributed by atoms with Crippen molar-refractivity contribution in [3.63, 3.8) is 0 Å². The molecule has 1 aromatic heterocycles. The molecule has 1 aliphatic heterocycles. The van der Waals surface area contributed by atoms with Gasteiger partial charge in [0.1, 0.15) is 6.04 Å². The first kappa shape index (κ1) is 11.8. The first-order valence-electron chi connectivity index (χ1n) is 5.36. The van der Waals surface area contributed by atoms with Crippen molar-refractivity contribution in [1.82, 2.24) is 10.3 Å². The van der Waals surface area contributed by atoms with Crippen LogP contribution in [0.2, 0.25) is 0 Å². The SMILES string of the molecule is CCC1C(=O)NCCN1c1nc(C(=O)O)cs1. The first-order valence-corrected chi connectivity index (χ1v) is 6.24. The molecule has 17 heavy (non-hydrogen) atoms. The van der Waals surface area contributed by atoms with E-state index in [9.17, 15) is 9.59 Å². The first-order chi connectivity index (χ1) is 8.13. The number of amides is 1. The van der Waals surface area contributed by atoms with Crippen LogP contribution in [0.1, 0.15) is 23.8 Å².